The summed E-state index contributed by atoms with van der Waals surface area (Å²) in [6, 6.07) is 6.05. The third kappa shape index (κ3) is 2.68. The van der Waals surface area contributed by atoms with Crippen molar-refractivity contribution in [3.05, 3.63) is 24.3 Å². The minimum absolute atomic E-state index is 0.174. The van der Waals surface area contributed by atoms with Gasteiger partial charge in [0.1, 0.15) is 0 Å². The zero-order valence-corrected chi connectivity index (χ0v) is 12.6. The van der Waals surface area contributed by atoms with Crippen molar-refractivity contribution in [2.75, 3.05) is 18.4 Å². The minimum atomic E-state index is -3.56. The van der Waals surface area contributed by atoms with Crippen LogP contribution >= 0.6 is 0 Å². The zero-order valence-electron chi connectivity index (χ0n) is 11.7. The van der Waals surface area contributed by atoms with Gasteiger partial charge in [0.15, 0.2) is 0 Å². The Bertz CT molecular complexity index is 659. The van der Waals surface area contributed by atoms with Gasteiger partial charge in [-0.05, 0) is 43.0 Å². The largest absolute Gasteiger partial charge is 0.387 e. The van der Waals surface area contributed by atoms with Gasteiger partial charge >= 0.3 is 0 Å². The number of aliphatic hydroxyl groups is 1. The Morgan fingerprint density at radius 3 is 2.33 bits per heavy atom. The molecule has 1 amide bonds. The van der Waals surface area contributed by atoms with Gasteiger partial charge in [0, 0.05) is 25.7 Å². The van der Waals surface area contributed by atoms with Crippen molar-refractivity contribution >= 4 is 21.6 Å². The highest BCUT2D eigenvalue weighted by Crippen LogP contribution is 2.45. The third-order valence-corrected chi connectivity index (χ3v) is 5.86. The first-order valence-corrected chi connectivity index (χ1v) is 8.35. The number of hydrogen-bond donors (Lipinski definition) is 2. The molecule has 7 heteroatoms. The van der Waals surface area contributed by atoms with Gasteiger partial charge in [0.2, 0.25) is 15.9 Å². The highest BCUT2D eigenvalue weighted by atomic mass is 32.2. The second-order valence-corrected chi connectivity index (χ2v) is 7.79. The van der Waals surface area contributed by atoms with E-state index in [1.807, 2.05) is 0 Å². The van der Waals surface area contributed by atoms with Gasteiger partial charge in [-0.3, -0.25) is 4.79 Å². The van der Waals surface area contributed by atoms with Crippen LogP contribution in [0.25, 0.3) is 0 Å². The van der Waals surface area contributed by atoms with Crippen molar-refractivity contribution in [3.8, 4) is 0 Å². The number of β-amino-alcohol motifs (C(OH)–C–C–N with tert-alkyl or cyclic N) is 1. The predicted octanol–water partition coefficient (Wildman–Crippen LogP) is 0.790. The van der Waals surface area contributed by atoms with E-state index in [0.717, 1.165) is 12.8 Å². The lowest BCUT2D eigenvalue weighted by molar-refractivity contribution is -0.114. The van der Waals surface area contributed by atoms with Crippen LogP contribution in [0.4, 0.5) is 5.69 Å². The van der Waals surface area contributed by atoms with E-state index >= 15 is 0 Å². The molecule has 2 aliphatic rings. The van der Waals surface area contributed by atoms with Crippen LogP contribution in [0, 0.1) is 5.92 Å². The van der Waals surface area contributed by atoms with E-state index in [2.05, 4.69) is 5.32 Å². The summed E-state index contributed by atoms with van der Waals surface area (Å²) in [7, 11) is -3.56. The van der Waals surface area contributed by atoms with Crippen molar-refractivity contribution < 1.29 is 18.3 Å². The summed E-state index contributed by atoms with van der Waals surface area (Å²) in [5, 5.41) is 12.8. The average molecular weight is 310 g/mol. The average Bonchev–Trinajstić information content (AvgIpc) is 3.19. The highest BCUT2D eigenvalue weighted by Gasteiger charge is 2.55. The fourth-order valence-corrected chi connectivity index (χ4v) is 4.24. The van der Waals surface area contributed by atoms with Crippen molar-refractivity contribution in [1.29, 1.82) is 0 Å². The molecular weight excluding hydrogens is 292 g/mol. The molecule has 21 heavy (non-hydrogen) atoms. The number of sulfonamides is 1. The molecule has 1 saturated heterocycles. The summed E-state index contributed by atoms with van der Waals surface area (Å²) in [6.45, 7) is 1.74. The molecule has 2 fully saturated rings. The number of amides is 1. The molecule has 0 spiro atoms. The smallest absolute Gasteiger partial charge is 0.243 e. The van der Waals surface area contributed by atoms with Crippen molar-refractivity contribution in [3.63, 3.8) is 0 Å². The van der Waals surface area contributed by atoms with Gasteiger partial charge < -0.3 is 10.4 Å². The maximum Gasteiger partial charge on any atom is 0.243 e. The number of hydrogen-bond acceptors (Lipinski definition) is 4. The molecule has 6 nitrogen and oxygen atoms in total. The summed E-state index contributed by atoms with van der Waals surface area (Å²) in [5.41, 5.74) is -0.275. The number of nitrogens with zero attached hydrogens (tertiary/aromatic N) is 1. The molecule has 1 saturated carbocycles. The summed E-state index contributed by atoms with van der Waals surface area (Å²) < 4.78 is 26.1. The first kappa shape index (κ1) is 14.5. The van der Waals surface area contributed by atoms with Crippen LogP contribution in [0.1, 0.15) is 19.8 Å². The molecule has 0 unspecified atom stereocenters. The summed E-state index contributed by atoms with van der Waals surface area (Å²) >= 11 is 0. The molecule has 0 bridgehead atoms. The molecule has 0 atom stereocenters. The van der Waals surface area contributed by atoms with Crippen molar-refractivity contribution in [2.45, 2.75) is 30.3 Å². The maximum atomic E-state index is 12.4. The molecule has 0 radical (unpaired) electrons. The highest BCUT2D eigenvalue weighted by molar-refractivity contribution is 7.89. The van der Waals surface area contributed by atoms with Gasteiger partial charge in [-0.15, -0.1) is 0 Å². The van der Waals surface area contributed by atoms with E-state index in [0.29, 0.717) is 5.69 Å². The molecule has 114 valence electrons. The standard InChI is InChI=1S/C14H18N2O4S/c1-10(17)15-12-4-6-13(7-5-12)21(19,20)16-8-14(18,9-16)11-2-3-11/h4-7,11,18H,2-3,8-9H2,1H3,(H,15,17). The van der Waals surface area contributed by atoms with Crippen LogP contribution in [0.3, 0.4) is 0 Å². The zero-order chi connectivity index (χ0) is 15.3. The topological polar surface area (TPSA) is 86.7 Å². The van der Waals surface area contributed by atoms with Crippen LogP contribution in [0.2, 0.25) is 0 Å². The van der Waals surface area contributed by atoms with E-state index in [4.69, 9.17) is 0 Å². The summed E-state index contributed by atoms with van der Waals surface area (Å²) in [4.78, 5) is 11.1. The molecule has 3 rings (SSSR count). The Hall–Kier alpha value is -1.44. The van der Waals surface area contributed by atoms with Gasteiger partial charge in [-0.1, -0.05) is 0 Å². The van der Waals surface area contributed by atoms with Gasteiger partial charge in [-0.2, -0.15) is 4.31 Å². The Morgan fingerprint density at radius 1 is 1.29 bits per heavy atom. The van der Waals surface area contributed by atoms with Crippen LogP contribution in [-0.2, 0) is 14.8 Å². The lowest BCUT2D eigenvalue weighted by Crippen LogP contribution is -2.64. The molecule has 2 N–H and O–H groups in total. The van der Waals surface area contributed by atoms with E-state index in [-0.39, 0.29) is 29.8 Å². The number of carbonyl (C=O) groups is 1. The minimum Gasteiger partial charge on any atom is -0.387 e. The second-order valence-electron chi connectivity index (χ2n) is 5.86. The van der Waals surface area contributed by atoms with E-state index in [9.17, 15) is 18.3 Å². The number of nitrogens with one attached hydrogen (secondary N) is 1. The molecule has 1 aromatic rings. The Morgan fingerprint density at radius 2 is 1.86 bits per heavy atom. The van der Waals surface area contributed by atoms with Crippen LogP contribution in [0.5, 0.6) is 0 Å². The van der Waals surface area contributed by atoms with Crippen molar-refractivity contribution in [2.24, 2.45) is 5.92 Å². The fraction of sp³-hybridized carbons (Fsp3) is 0.500. The third-order valence-electron chi connectivity index (χ3n) is 4.05. The van der Waals surface area contributed by atoms with Crippen LogP contribution < -0.4 is 5.32 Å². The normalized spacial score (nSPS) is 21.6. The second kappa shape index (κ2) is 4.79. The van der Waals surface area contributed by atoms with Crippen LogP contribution in [-0.4, -0.2) is 42.4 Å². The SMILES string of the molecule is CC(=O)Nc1ccc(S(=O)(=O)N2CC(O)(C3CC3)C2)cc1. The first-order valence-electron chi connectivity index (χ1n) is 6.91. The Kier molecular flexibility index (Phi) is 3.31. The van der Waals surface area contributed by atoms with E-state index in [1.165, 1.54) is 23.4 Å². The number of anilines is 1. The lowest BCUT2D eigenvalue weighted by atomic mass is 9.91. The molecule has 1 aromatic carbocycles. The summed E-state index contributed by atoms with van der Waals surface area (Å²) in [5.74, 6) is 0.0499. The lowest BCUT2D eigenvalue weighted by Gasteiger charge is -2.45. The molecule has 0 aromatic heterocycles. The Balaban J connectivity index is 1.72. The number of carbonyl (C=O) groups excluding carboxylic acids is 1. The molecule has 1 aliphatic carbocycles. The maximum absolute atomic E-state index is 12.4. The molecular formula is C14H18N2O4S. The predicted molar refractivity (Wildman–Crippen MR) is 77.2 cm³/mol. The van der Waals surface area contributed by atoms with E-state index in [1.54, 1.807) is 12.1 Å². The Labute approximate surface area is 123 Å². The van der Waals surface area contributed by atoms with E-state index < -0.39 is 15.6 Å². The van der Waals surface area contributed by atoms with Gasteiger partial charge in [0.05, 0.1) is 10.5 Å². The van der Waals surface area contributed by atoms with Crippen LogP contribution in [0.15, 0.2) is 29.2 Å². The quantitative estimate of drug-likeness (QED) is 0.861. The molecule has 1 aliphatic heterocycles. The van der Waals surface area contributed by atoms with Gasteiger partial charge in [0.25, 0.3) is 0 Å². The fourth-order valence-electron chi connectivity index (χ4n) is 2.68. The molecule has 1 heterocycles. The number of rotatable bonds is 4. The van der Waals surface area contributed by atoms with Crippen molar-refractivity contribution in [1.82, 2.24) is 4.31 Å². The first-order chi connectivity index (χ1) is 9.81. The van der Waals surface area contributed by atoms with Gasteiger partial charge in [-0.25, -0.2) is 8.42 Å². The monoisotopic (exact) mass is 310 g/mol. The number of benzene rings is 1. The summed E-state index contributed by atoms with van der Waals surface area (Å²) in [6.07, 6.45) is 1.96.